The second-order valence-electron chi connectivity index (χ2n) is 5.35. The van der Waals surface area contributed by atoms with Crippen LogP contribution in [0.4, 0.5) is 0 Å². The zero-order valence-electron chi connectivity index (χ0n) is 12.8. The molecule has 1 aliphatic rings. The van der Waals surface area contributed by atoms with Crippen LogP contribution in [0.25, 0.3) is 6.08 Å². The number of nitrogens with zero attached hydrogens (tertiary/aromatic N) is 1. The van der Waals surface area contributed by atoms with Crippen molar-refractivity contribution in [1.82, 2.24) is 4.90 Å². The van der Waals surface area contributed by atoms with E-state index in [1.54, 1.807) is 25.2 Å². The Balaban J connectivity index is 1.98. The first-order chi connectivity index (χ1) is 11.5. The van der Waals surface area contributed by atoms with Crippen molar-refractivity contribution in [2.45, 2.75) is 6.04 Å². The van der Waals surface area contributed by atoms with Gasteiger partial charge in [0, 0.05) is 11.5 Å². The van der Waals surface area contributed by atoms with Gasteiger partial charge in [0.05, 0.1) is 17.9 Å². The van der Waals surface area contributed by atoms with Gasteiger partial charge in [-0.2, -0.15) is 0 Å². The maximum absolute atomic E-state index is 12.6. The lowest BCUT2D eigenvalue weighted by molar-refractivity contribution is -0.128. The van der Waals surface area contributed by atoms with Crippen LogP contribution in [0, 0.1) is 0 Å². The topological polar surface area (TPSA) is 70.8 Å². The molecule has 1 atom stereocenters. The summed E-state index contributed by atoms with van der Waals surface area (Å²) in [4.78, 5) is 26.1. The van der Waals surface area contributed by atoms with Gasteiger partial charge in [-0.25, -0.2) is 0 Å². The SMILES string of the molecule is CN1C(=O)C(O)=C(C(=O)/C=C/c2ccco2)C1c1cccc(Br)c1. The number of ketones is 1. The molecule has 0 saturated heterocycles. The van der Waals surface area contributed by atoms with Crippen molar-refractivity contribution in [3.8, 4) is 0 Å². The molecule has 3 rings (SSSR count). The number of rotatable bonds is 4. The maximum atomic E-state index is 12.6. The fourth-order valence-corrected chi connectivity index (χ4v) is 3.09. The van der Waals surface area contributed by atoms with Gasteiger partial charge in [0.2, 0.25) is 0 Å². The van der Waals surface area contributed by atoms with Crippen LogP contribution in [0.2, 0.25) is 0 Å². The molecule has 24 heavy (non-hydrogen) atoms. The van der Waals surface area contributed by atoms with Crippen LogP contribution in [0.15, 0.2) is 69.0 Å². The average Bonchev–Trinajstić information content (AvgIpc) is 3.15. The van der Waals surface area contributed by atoms with Crippen LogP contribution in [0.3, 0.4) is 0 Å². The first-order valence-corrected chi connectivity index (χ1v) is 8.00. The highest BCUT2D eigenvalue weighted by Crippen LogP contribution is 2.37. The Morgan fingerprint density at radius 2 is 2.12 bits per heavy atom. The highest BCUT2D eigenvalue weighted by molar-refractivity contribution is 9.10. The van der Waals surface area contributed by atoms with E-state index in [1.807, 2.05) is 18.2 Å². The molecule has 1 unspecified atom stereocenters. The summed E-state index contributed by atoms with van der Waals surface area (Å²) in [5.74, 6) is -1.02. The minimum Gasteiger partial charge on any atom is -0.503 e. The number of aliphatic hydroxyl groups excluding tert-OH is 1. The van der Waals surface area contributed by atoms with Crippen LogP contribution in [-0.4, -0.2) is 28.7 Å². The number of hydrogen-bond donors (Lipinski definition) is 1. The molecular weight excluding hydrogens is 374 g/mol. The smallest absolute Gasteiger partial charge is 0.289 e. The normalized spacial score (nSPS) is 18.0. The van der Waals surface area contributed by atoms with Crippen molar-refractivity contribution >= 4 is 33.7 Å². The van der Waals surface area contributed by atoms with Gasteiger partial charge in [-0.15, -0.1) is 0 Å². The number of halogens is 1. The zero-order valence-corrected chi connectivity index (χ0v) is 14.4. The predicted octanol–water partition coefficient (Wildman–Crippen LogP) is 3.65. The number of carbonyl (C=O) groups excluding carboxylic acids is 2. The number of aliphatic hydroxyl groups is 1. The summed E-state index contributed by atoms with van der Waals surface area (Å²) >= 11 is 3.38. The van der Waals surface area contributed by atoms with E-state index in [9.17, 15) is 14.7 Å². The average molecular weight is 388 g/mol. The number of carbonyl (C=O) groups is 2. The van der Waals surface area contributed by atoms with Crippen molar-refractivity contribution in [2.24, 2.45) is 0 Å². The predicted molar refractivity (Wildman–Crippen MR) is 92.1 cm³/mol. The molecule has 122 valence electrons. The summed E-state index contributed by atoms with van der Waals surface area (Å²) in [5.41, 5.74) is 0.794. The van der Waals surface area contributed by atoms with Gasteiger partial charge in [-0.1, -0.05) is 28.1 Å². The second kappa shape index (κ2) is 6.49. The quantitative estimate of drug-likeness (QED) is 0.812. The third kappa shape index (κ3) is 2.92. The molecule has 0 radical (unpaired) electrons. The van der Waals surface area contributed by atoms with Gasteiger partial charge in [-0.3, -0.25) is 9.59 Å². The van der Waals surface area contributed by atoms with Crippen molar-refractivity contribution < 1.29 is 19.1 Å². The molecule has 1 aromatic carbocycles. The van der Waals surface area contributed by atoms with Gasteiger partial charge in [0.25, 0.3) is 5.91 Å². The van der Waals surface area contributed by atoms with Crippen LogP contribution >= 0.6 is 15.9 Å². The summed E-state index contributed by atoms with van der Waals surface area (Å²) < 4.78 is 5.97. The Hall–Kier alpha value is -2.60. The lowest BCUT2D eigenvalue weighted by atomic mass is 9.96. The molecule has 0 aliphatic carbocycles. The van der Waals surface area contributed by atoms with E-state index in [0.717, 1.165) is 10.0 Å². The molecule has 0 saturated carbocycles. The fourth-order valence-electron chi connectivity index (χ4n) is 2.67. The molecule has 0 spiro atoms. The van der Waals surface area contributed by atoms with E-state index in [2.05, 4.69) is 15.9 Å². The summed E-state index contributed by atoms with van der Waals surface area (Å²) in [6.45, 7) is 0. The molecule has 2 heterocycles. The van der Waals surface area contributed by atoms with E-state index in [4.69, 9.17) is 4.42 Å². The molecule has 5 nitrogen and oxygen atoms in total. The monoisotopic (exact) mass is 387 g/mol. The first kappa shape index (κ1) is 16.3. The number of likely N-dealkylation sites (N-methyl/N-ethyl adjacent to an activating group) is 1. The van der Waals surface area contributed by atoms with E-state index < -0.39 is 23.5 Å². The van der Waals surface area contributed by atoms with E-state index >= 15 is 0 Å². The van der Waals surface area contributed by atoms with Gasteiger partial charge in [0.15, 0.2) is 11.5 Å². The van der Waals surface area contributed by atoms with Gasteiger partial charge >= 0.3 is 0 Å². The molecule has 1 aliphatic heterocycles. The Morgan fingerprint density at radius 3 is 2.79 bits per heavy atom. The summed E-state index contributed by atoms with van der Waals surface area (Å²) in [6, 6.07) is 10.1. The first-order valence-electron chi connectivity index (χ1n) is 7.20. The number of furan rings is 1. The van der Waals surface area contributed by atoms with E-state index in [-0.39, 0.29) is 5.57 Å². The van der Waals surface area contributed by atoms with Gasteiger partial charge < -0.3 is 14.4 Å². The van der Waals surface area contributed by atoms with Gasteiger partial charge in [0.1, 0.15) is 5.76 Å². The second-order valence-corrected chi connectivity index (χ2v) is 6.26. The molecular formula is C18H14BrNO4. The van der Waals surface area contributed by atoms with Crippen molar-refractivity contribution in [3.63, 3.8) is 0 Å². The third-order valence-electron chi connectivity index (χ3n) is 3.81. The van der Waals surface area contributed by atoms with Crippen molar-refractivity contribution in [3.05, 3.63) is 75.9 Å². The Bertz CT molecular complexity index is 852. The third-order valence-corrected chi connectivity index (χ3v) is 4.30. The maximum Gasteiger partial charge on any atom is 0.289 e. The minimum atomic E-state index is -0.635. The van der Waals surface area contributed by atoms with Crippen LogP contribution < -0.4 is 0 Å². The van der Waals surface area contributed by atoms with E-state index in [0.29, 0.717) is 5.76 Å². The van der Waals surface area contributed by atoms with Crippen LogP contribution in [0.5, 0.6) is 0 Å². The highest BCUT2D eigenvalue weighted by Gasteiger charge is 2.40. The minimum absolute atomic E-state index is 0.0587. The Morgan fingerprint density at radius 1 is 1.33 bits per heavy atom. The van der Waals surface area contributed by atoms with E-state index in [1.165, 1.54) is 23.3 Å². The Kier molecular flexibility index (Phi) is 4.40. The molecule has 1 amide bonds. The lowest BCUT2D eigenvalue weighted by Crippen LogP contribution is -2.26. The van der Waals surface area contributed by atoms with Crippen molar-refractivity contribution in [1.29, 1.82) is 0 Å². The summed E-state index contributed by atoms with van der Waals surface area (Å²) in [7, 11) is 1.56. The number of amides is 1. The molecule has 0 bridgehead atoms. The van der Waals surface area contributed by atoms with Crippen LogP contribution in [-0.2, 0) is 9.59 Å². The molecule has 1 aromatic heterocycles. The number of benzene rings is 1. The molecule has 2 aromatic rings. The fraction of sp³-hybridized carbons (Fsp3) is 0.111. The molecule has 0 fully saturated rings. The zero-order chi connectivity index (χ0) is 17.3. The molecule has 6 heteroatoms. The van der Waals surface area contributed by atoms with Crippen molar-refractivity contribution in [2.75, 3.05) is 7.05 Å². The van der Waals surface area contributed by atoms with Crippen LogP contribution in [0.1, 0.15) is 17.4 Å². The largest absolute Gasteiger partial charge is 0.503 e. The summed E-state index contributed by atoms with van der Waals surface area (Å²) in [5, 5.41) is 10.2. The highest BCUT2D eigenvalue weighted by atomic mass is 79.9. The molecule has 1 N–H and O–H groups in total. The Labute approximate surface area is 147 Å². The summed E-state index contributed by atoms with van der Waals surface area (Å²) in [6.07, 6.45) is 4.29. The lowest BCUT2D eigenvalue weighted by Gasteiger charge is -2.22. The van der Waals surface area contributed by atoms with Gasteiger partial charge in [-0.05, 0) is 42.0 Å². The standard InChI is InChI=1S/C18H14BrNO4/c1-20-16(11-4-2-5-12(19)10-11)15(17(22)18(20)23)14(21)8-7-13-6-3-9-24-13/h2-10,16,22H,1H3/b8-7+. The number of allylic oxidation sites excluding steroid dienone is 1. The number of hydrogen-bond acceptors (Lipinski definition) is 4.